The molecule has 1 aliphatic rings. The molecule has 0 unspecified atom stereocenters. The van der Waals surface area contributed by atoms with Crippen molar-refractivity contribution in [3.8, 4) is 22.6 Å². The Hall–Kier alpha value is -2.37. The highest BCUT2D eigenvalue weighted by molar-refractivity contribution is 6.21. The zero-order chi connectivity index (χ0) is 22.9. The van der Waals surface area contributed by atoms with Crippen molar-refractivity contribution in [1.29, 1.82) is 0 Å². The highest BCUT2D eigenvalue weighted by atomic mass is 16.5. The second kappa shape index (κ2) is 12.0. The number of hydrogen-bond donors (Lipinski definition) is 0. The monoisotopic (exact) mass is 438 g/mol. The Labute approximate surface area is 193 Å². The Bertz CT molecular complexity index is 817. The highest BCUT2D eigenvalue weighted by Gasteiger charge is 2.27. The van der Waals surface area contributed by atoms with Gasteiger partial charge in [0, 0.05) is 24.2 Å². The highest BCUT2D eigenvalue weighted by Crippen LogP contribution is 2.40. The Kier molecular flexibility index (Phi) is 9.12. The number of ether oxygens (including phenoxy) is 2. The van der Waals surface area contributed by atoms with Crippen molar-refractivity contribution in [3.63, 3.8) is 0 Å². The van der Waals surface area contributed by atoms with Gasteiger partial charge in [-0.3, -0.25) is 4.79 Å². The zero-order valence-electron chi connectivity index (χ0n) is 20.2. The summed E-state index contributed by atoms with van der Waals surface area (Å²) in [5.41, 5.74) is 3.38. The van der Waals surface area contributed by atoms with E-state index in [1.807, 2.05) is 36.4 Å². The number of carbonyl (C=O) groups excluding carboxylic acids is 1. The molecule has 0 atom stereocenters. The van der Waals surface area contributed by atoms with E-state index < -0.39 is 0 Å². The minimum absolute atomic E-state index is 0.0798. The van der Waals surface area contributed by atoms with Crippen LogP contribution in [0.3, 0.4) is 0 Å². The van der Waals surface area contributed by atoms with Crippen LogP contribution in [0.2, 0.25) is 0 Å². The lowest BCUT2D eigenvalue weighted by molar-refractivity contribution is 0.104. The molecule has 5 heteroatoms. The van der Waals surface area contributed by atoms with Crippen LogP contribution >= 0.6 is 0 Å². The van der Waals surface area contributed by atoms with Crippen LogP contribution in [0.25, 0.3) is 11.1 Å². The van der Waals surface area contributed by atoms with Gasteiger partial charge in [0.25, 0.3) is 0 Å². The third-order valence-corrected chi connectivity index (χ3v) is 6.33. The molecule has 1 aliphatic carbocycles. The van der Waals surface area contributed by atoms with E-state index in [-0.39, 0.29) is 5.78 Å². The van der Waals surface area contributed by atoms with Crippen LogP contribution in [0.4, 0.5) is 0 Å². The minimum Gasteiger partial charge on any atom is -0.494 e. The number of ketones is 1. The molecule has 2 aromatic carbocycles. The van der Waals surface area contributed by atoms with Gasteiger partial charge < -0.3 is 19.3 Å². The van der Waals surface area contributed by atoms with Gasteiger partial charge in [-0.25, -0.2) is 0 Å². The molecule has 0 saturated carbocycles. The largest absolute Gasteiger partial charge is 0.494 e. The van der Waals surface area contributed by atoms with E-state index in [9.17, 15) is 4.79 Å². The quantitative estimate of drug-likeness (QED) is 0.327. The molecule has 0 aromatic heterocycles. The fourth-order valence-electron chi connectivity index (χ4n) is 4.25. The molecule has 174 valence electrons. The van der Waals surface area contributed by atoms with Crippen LogP contribution in [-0.4, -0.2) is 68.1 Å². The molecule has 0 saturated heterocycles. The van der Waals surface area contributed by atoms with E-state index in [1.54, 1.807) is 0 Å². The first-order chi connectivity index (χ1) is 15.6. The molecule has 0 N–H and O–H groups in total. The third kappa shape index (κ3) is 5.90. The summed E-state index contributed by atoms with van der Waals surface area (Å²) in [7, 11) is 0. The van der Waals surface area contributed by atoms with Crippen molar-refractivity contribution in [2.45, 2.75) is 40.5 Å². The first-order valence-electron chi connectivity index (χ1n) is 12.1. The fraction of sp³-hybridized carbons (Fsp3) is 0.519. The lowest BCUT2D eigenvalue weighted by Gasteiger charge is -2.18. The molecule has 0 bridgehead atoms. The van der Waals surface area contributed by atoms with Gasteiger partial charge >= 0.3 is 0 Å². The number of fused-ring (bicyclic) bond motifs is 3. The van der Waals surface area contributed by atoms with E-state index in [4.69, 9.17) is 9.47 Å². The van der Waals surface area contributed by atoms with Gasteiger partial charge in [-0.1, -0.05) is 27.7 Å². The number of benzene rings is 2. The molecule has 0 amide bonds. The zero-order valence-corrected chi connectivity index (χ0v) is 20.2. The molecule has 32 heavy (non-hydrogen) atoms. The van der Waals surface area contributed by atoms with Crippen LogP contribution in [0.15, 0.2) is 36.4 Å². The van der Waals surface area contributed by atoms with Crippen molar-refractivity contribution in [1.82, 2.24) is 9.80 Å². The smallest absolute Gasteiger partial charge is 0.194 e. The molecule has 0 heterocycles. The maximum atomic E-state index is 12.8. The first kappa shape index (κ1) is 24.3. The lowest BCUT2D eigenvalue weighted by Crippen LogP contribution is -2.25. The average molecular weight is 439 g/mol. The Morgan fingerprint density at radius 3 is 1.41 bits per heavy atom. The average Bonchev–Trinajstić information content (AvgIpc) is 3.10. The molecule has 0 radical (unpaired) electrons. The standard InChI is InChI=1S/C27H38N2O3/c1-5-28(6-2)15-9-17-31-21-11-13-23-25(19-21)26-20-22(12-14-24(26)27(23)30)32-18-10-16-29(7-3)8-4/h11-14,19-20H,5-10,15-18H2,1-4H3. The molecule has 0 spiro atoms. The van der Waals surface area contributed by atoms with Gasteiger partial charge in [0.15, 0.2) is 5.78 Å². The maximum absolute atomic E-state index is 12.8. The first-order valence-corrected chi connectivity index (χ1v) is 12.1. The molecular weight excluding hydrogens is 400 g/mol. The molecule has 3 rings (SSSR count). The lowest BCUT2D eigenvalue weighted by atomic mass is 10.1. The SMILES string of the molecule is CCN(CC)CCCOc1ccc2c(c1)-c1cc(OCCCN(CC)CC)ccc1C2=O. The number of hydrogen-bond acceptors (Lipinski definition) is 5. The van der Waals surface area contributed by atoms with E-state index in [0.717, 1.165) is 85.9 Å². The predicted octanol–water partition coefficient (Wildman–Crippen LogP) is 5.12. The second-order valence-corrected chi connectivity index (χ2v) is 8.20. The molecule has 0 fully saturated rings. The van der Waals surface area contributed by atoms with Crippen molar-refractivity contribution in [3.05, 3.63) is 47.5 Å². The summed E-state index contributed by atoms with van der Waals surface area (Å²) in [6.45, 7) is 16.4. The molecule has 5 nitrogen and oxygen atoms in total. The summed E-state index contributed by atoms with van der Waals surface area (Å²) in [6, 6.07) is 11.6. The number of nitrogens with zero attached hydrogens (tertiary/aromatic N) is 2. The molecule has 0 aliphatic heterocycles. The fourth-order valence-corrected chi connectivity index (χ4v) is 4.25. The Morgan fingerprint density at radius 2 is 1.03 bits per heavy atom. The summed E-state index contributed by atoms with van der Waals surface area (Å²) >= 11 is 0. The normalized spacial score (nSPS) is 12.4. The van der Waals surface area contributed by atoms with Crippen molar-refractivity contribution in [2.75, 3.05) is 52.5 Å². The van der Waals surface area contributed by atoms with E-state index in [0.29, 0.717) is 13.2 Å². The van der Waals surface area contributed by atoms with Crippen LogP contribution in [0.5, 0.6) is 11.5 Å². The van der Waals surface area contributed by atoms with Crippen molar-refractivity contribution < 1.29 is 14.3 Å². The van der Waals surface area contributed by atoms with Crippen molar-refractivity contribution in [2.24, 2.45) is 0 Å². The van der Waals surface area contributed by atoms with E-state index in [1.165, 1.54) is 0 Å². The van der Waals surface area contributed by atoms with E-state index in [2.05, 4.69) is 37.5 Å². The number of carbonyl (C=O) groups is 1. The van der Waals surface area contributed by atoms with Gasteiger partial charge in [0.2, 0.25) is 0 Å². The summed E-state index contributed by atoms with van der Waals surface area (Å²) < 4.78 is 12.0. The Balaban J connectivity index is 1.62. The third-order valence-electron chi connectivity index (χ3n) is 6.33. The predicted molar refractivity (Wildman–Crippen MR) is 131 cm³/mol. The summed E-state index contributed by atoms with van der Waals surface area (Å²) in [4.78, 5) is 17.6. The Morgan fingerprint density at radius 1 is 0.625 bits per heavy atom. The summed E-state index contributed by atoms with van der Waals surface area (Å²) in [5, 5.41) is 0. The second-order valence-electron chi connectivity index (χ2n) is 8.20. The molecule has 2 aromatic rings. The van der Waals surface area contributed by atoms with E-state index >= 15 is 0 Å². The van der Waals surface area contributed by atoms with Crippen LogP contribution in [-0.2, 0) is 0 Å². The topological polar surface area (TPSA) is 42.0 Å². The van der Waals surface area contributed by atoms with Gasteiger partial charge in [0.1, 0.15) is 11.5 Å². The van der Waals surface area contributed by atoms with Gasteiger partial charge in [-0.15, -0.1) is 0 Å². The summed E-state index contributed by atoms with van der Waals surface area (Å²) in [6.07, 6.45) is 1.97. The van der Waals surface area contributed by atoms with Crippen LogP contribution in [0.1, 0.15) is 56.5 Å². The van der Waals surface area contributed by atoms with Crippen LogP contribution in [0, 0.1) is 0 Å². The van der Waals surface area contributed by atoms with Gasteiger partial charge in [-0.05, 0) is 86.5 Å². The molecular formula is C27H38N2O3. The van der Waals surface area contributed by atoms with Gasteiger partial charge in [0.05, 0.1) is 13.2 Å². The van der Waals surface area contributed by atoms with Crippen LogP contribution < -0.4 is 9.47 Å². The minimum atomic E-state index is 0.0798. The van der Waals surface area contributed by atoms with Gasteiger partial charge in [-0.2, -0.15) is 0 Å². The van der Waals surface area contributed by atoms with Crippen molar-refractivity contribution >= 4 is 5.78 Å². The number of rotatable bonds is 14. The maximum Gasteiger partial charge on any atom is 0.194 e. The summed E-state index contributed by atoms with van der Waals surface area (Å²) in [5.74, 6) is 1.71.